The van der Waals surface area contributed by atoms with Crippen LogP contribution in [0.3, 0.4) is 0 Å². The Morgan fingerprint density at radius 2 is 1.94 bits per heavy atom. The first-order chi connectivity index (χ1) is 7.49. The summed E-state index contributed by atoms with van der Waals surface area (Å²) in [4.78, 5) is 0. The lowest BCUT2D eigenvalue weighted by atomic mass is 10.1. The molecule has 0 radical (unpaired) electrons. The van der Waals surface area contributed by atoms with Gasteiger partial charge in [-0.3, -0.25) is 5.32 Å². The highest BCUT2D eigenvalue weighted by molar-refractivity contribution is 5.24. The van der Waals surface area contributed by atoms with E-state index < -0.39 is 17.2 Å². The number of ether oxygens (including phenoxy) is 1. The van der Waals surface area contributed by atoms with Gasteiger partial charge in [0.25, 0.3) is 0 Å². The molecular formula is C11H12F2N2O. The van der Waals surface area contributed by atoms with Gasteiger partial charge < -0.3 is 4.74 Å². The average molecular weight is 226 g/mol. The van der Waals surface area contributed by atoms with Gasteiger partial charge in [-0.25, -0.2) is 8.78 Å². The number of hydrogen-bond donors (Lipinski definition) is 1. The number of nitrogens with zero attached hydrogens (tertiary/aromatic N) is 1. The summed E-state index contributed by atoms with van der Waals surface area (Å²) in [6, 6.07) is 4.89. The molecule has 0 bridgehead atoms. The van der Waals surface area contributed by atoms with Crippen molar-refractivity contribution in [2.24, 2.45) is 0 Å². The van der Waals surface area contributed by atoms with Gasteiger partial charge >= 0.3 is 0 Å². The fourth-order valence-corrected chi connectivity index (χ4v) is 1.000. The predicted molar refractivity (Wildman–Crippen MR) is 54.9 cm³/mol. The van der Waals surface area contributed by atoms with Crippen LogP contribution in [0.5, 0.6) is 5.75 Å². The summed E-state index contributed by atoms with van der Waals surface area (Å²) in [5.41, 5.74) is -0.886. The summed E-state index contributed by atoms with van der Waals surface area (Å²) in [5.74, 6) is -1.36. The second-order valence-electron chi connectivity index (χ2n) is 3.59. The number of rotatable bonds is 4. The Labute approximate surface area is 92.6 Å². The Bertz CT molecular complexity index is 397. The zero-order chi connectivity index (χ0) is 12.2. The minimum Gasteiger partial charge on any atom is -0.490 e. The molecule has 0 aliphatic rings. The highest BCUT2D eigenvalue weighted by atomic mass is 19.1. The van der Waals surface area contributed by atoms with Gasteiger partial charge in [0, 0.05) is 18.2 Å². The third-order valence-corrected chi connectivity index (χ3v) is 2.16. The lowest BCUT2D eigenvalue weighted by molar-refractivity contribution is 0.240. The van der Waals surface area contributed by atoms with E-state index >= 15 is 0 Å². The number of benzene rings is 1. The topological polar surface area (TPSA) is 45.0 Å². The van der Waals surface area contributed by atoms with Crippen LogP contribution in [0, 0.1) is 23.0 Å². The minimum absolute atomic E-state index is 0.00287. The molecule has 1 aromatic rings. The van der Waals surface area contributed by atoms with Crippen molar-refractivity contribution in [1.29, 1.82) is 5.26 Å². The summed E-state index contributed by atoms with van der Waals surface area (Å²) >= 11 is 0. The SMILES string of the molecule is CNC(C)(C#N)COc1cc(F)cc(F)c1. The zero-order valence-corrected chi connectivity index (χ0v) is 9.05. The Morgan fingerprint density at radius 3 is 2.38 bits per heavy atom. The van der Waals surface area contributed by atoms with Crippen molar-refractivity contribution >= 4 is 0 Å². The number of nitriles is 1. The third-order valence-electron chi connectivity index (χ3n) is 2.16. The molecule has 3 nitrogen and oxygen atoms in total. The Morgan fingerprint density at radius 1 is 1.38 bits per heavy atom. The van der Waals surface area contributed by atoms with E-state index in [0.29, 0.717) is 0 Å². The first kappa shape index (κ1) is 12.4. The molecule has 0 spiro atoms. The lowest BCUT2D eigenvalue weighted by Gasteiger charge is -2.20. The monoisotopic (exact) mass is 226 g/mol. The van der Waals surface area contributed by atoms with Crippen LogP contribution in [-0.4, -0.2) is 19.2 Å². The van der Waals surface area contributed by atoms with E-state index in [0.717, 1.165) is 18.2 Å². The number of likely N-dealkylation sites (N-methyl/N-ethyl adjacent to an activating group) is 1. The first-order valence-electron chi connectivity index (χ1n) is 4.68. The van der Waals surface area contributed by atoms with Crippen molar-refractivity contribution in [2.75, 3.05) is 13.7 Å². The quantitative estimate of drug-likeness (QED) is 0.852. The predicted octanol–water partition coefficient (Wildman–Crippen LogP) is 1.85. The van der Waals surface area contributed by atoms with Crippen molar-refractivity contribution in [3.8, 4) is 11.8 Å². The summed E-state index contributed by atoms with van der Waals surface area (Å²) in [6.07, 6.45) is 0. The number of halogens is 2. The molecule has 1 unspecified atom stereocenters. The van der Waals surface area contributed by atoms with Gasteiger partial charge in [0.2, 0.25) is 0 Å². The Balaban J connectivity index is 2.72. The minimum atomic E-state index is -0.886. The molecule has 0 aliphatic carbocycles. The zero-order valence-electron chi connectivity index (χ0n) is 9.05. The maximum Gasteiger partial charge on any atom is 0.137 e. The molecule has 0 heterocycles. The van der Waals surface area contributed by atoms with Crippen LogP contribution in [-0.2, 0) is 0 Å². The van der Waals surface area contributed by atoms with Crippen LogP contribution >= 0.6 is 0 Å². The highest BCUT2D eigenvalue weighted by Gasteiger charge is 2.22. The van der Waals surface area contributed by atoms with E-state index in [1.165, 1.54) is 0 Å². The van der Waals surface area contributed by atoms with E-state index in [9.17, 15) is 8.78 Å². The fourth-order valence-electron chi connectivity index (χ4n) is 1.000. The van der Waals surface area contributed by atoms with E-state index in [4.69, 9.17) is 10.00 Å². The molecule has 1 aromatic carbocycles. The second-order valence-corrected chi connectivity index (χ2v) is 3.59. The van der Waals surface area contributed by atoms with Crippen molar-refractivity contribution < 1.29 is 13.5 Å². The van der Waals surface area contributed by atoms with Crippen LogP contribution in [0.2, 0.25) is 0 Å². The van der Waals surface area contributed by atoms with Crippen molar-refractivity contribution in [2.45, 2.75) is 12.5 Å². The maximum atomic E-state index is 12.8. The molecule has 1 N–H and O–H groups in total. The molecule has 0 saturated carbocycles. The van der Waals surface area contributed by atoms with Gasteiger partial charge in [-0.1, -0.05) is 0 Å². The van der Waals surface area contributed by atoms with Gasteiger partial charge in [0.05, 0.1) is 6.07 Å². The Kier molecular flexibility index (Phi) is 3.80. The average Bonchev–Trinajstić information content (AvgIpc) is 2.25. The second kappa shape index (κ2) is 4.90. The van der Waals surface area contributed by atoms with E-state index in [1.807, 2.05) is 6.07 Å². The van der Waals surface area contributed by atoms with Crippen LogP contribution in [0.4, 0.5) is 8.78 Å². The summed E-state index contributed by atoms with van der Waals surface area (Å²) in [7, 11) is 1.61. The molecule has 0 aliphatic heterocycles. The number of hydrogen-bond acceptors (Lipinski definition) is 3. The fraction of sp³-hybridized carbons (Fsp3) is 0.364. The van der Waals surface area contributed by atoms with E-state index in [-0.39, 0.29) is 12.4 Å². The van der Waals surface area contributed by atoms with Crippen molar-refractivity contribution in [3.05, 3.63) is 29.8 Å². The molecule has 1 atom stereocenters. The Hall–Kier alpha value is -1.67. The van der Waals surface area contributed by atoms with Gasteiger partial charge in [0.15, 0.2) is 0 Å². The van der Waals surface area contributed by atoms with Crippen molar-refractivity contribution in [1.82, 2.24) is 5.32 Å². The summed E-state index contributed by atoms with van der Waals surface area (Å²) < 4.78 is 30.8. The molecule has 5 heteroatoms. The van der Waals surface area contributed by atoms with Gasteiger partial charge in [-0.2, -0.15) is 5.26 Å². The molecule has 0 amide bonds. The van der Waals surface area contributed by atoms with E-state index in [1.54, 1.807) is 14.0 Å². The molecule has 86 valence electrons. The molecule has 0 saturated heterocycles. The molecular weight excluding hydrogens is 214 g/mol. The maximum absolute atomic E-state index is 12.8. The van der Waals surface area contributed by atoms with Gasteiger partial charge in [-0.05, 0) is 14.0 Å². The molecule has 16 heavy (non-hydrogen) atoms. The standard InChI is InChI=1S/C11H12F2N2O/c1-11(6-14,15-2)7-16-10-4-8(12)3-9(13)5-10/h3-5,15H,7H2,1-2H3. The van der Waals surface area contributed by atoms with Crippen LogP contribution in [0.15, 0.2) is 18.2 Å². The first-order valence-corrected chi connectivity index (χ1v) is 4.68. The van der Waals surface area contributed by atoms with Gasteiger partial charge in [-0.15, -0.1) is 0 Å². The molecule has 0 aromatic heterocycles. The lowest BCUT2D eigenvalue weighted by Crippen LogP contribution is -2.43. The highest BCUT2D eigenvalue weighted by Crippen LogP contribution is 2.16. The summed E-state index contributed by atoms with van der Waals surface area (Å²) in [5, 5.41) is 11.6. The summed E-state index contributed by atoms with van der Waals surface area (Å²) in [6.45, 7) is 1.63. The number of nitrogens with one attached hydrogen (secondary N) is 1. The largest absolute Gasteiger partial charge is 0.490 e. The van der Waals surface area contributed by atoms with Crippen LogP contribution < -0.4 is 10.1 Å². The van der Waals surface area contributed by atoms with E-state index in [2.05, 4.69) is 5.32 Å². The third kappa shape index (κ3) is 3.17. The smallest absolute Gasteiger partial charge is 0.137 e. The molecule has 0 fully saturated rings. The van der Waals surface area contributed by atoms with Gasteiger partial charge in [0.1, 0.15) is 29.5 Å². The van der Waals surface area contributed by atoms with Crippen LogP contribution in [0.1, 0.15) is 6.92 Å². The molecule has 1 rings (SSSR count). The van der Waals surface area contributed by atoms with Crippen LogP contribution in [0.25, 0.3) is 0 Å². The van der Waals surface area contributed by atoms with Crippen molar-refractivity contribution in [3.63, 3.8) is 0 Å². The normalized spacial score (nSPS) is 13.9.